The summed E-state index contributed by atoms with van der Waals surface area (Å²) < 4.78 is 26.2. The van der Waals surface area contributed by atoms with Gasteiger partial charge in [0.05, 0.1) is 6.10 Å². The molecule has 2 aromatic carbocycles. The molecule has 0 radical (unpaired) electrons. The molecular weight excluding hydrogens is 248 g/mol. The van der Waals surface area contributed by atoms with E-state index < -0.39 is 11.9 Å². The molecule has 0 aliphatic carbocycles. The lowest BCUT2D eigenvalue weighted by molar-refractivity contribution is 0.199. The molecule has 0 saturated carbocycles. The molecule has 100 valence electrons. The van der Waals surface area contributed by atoms with Gasteiger partial charge in [-0.2, -0.15) is 0 Å². The Kier molecular flexibility index (Phi) is 3.81. The van der Waals surface area contributed by atoms with Gasteiger partial charge in [0.15, 0.2) is 0 Å². The van der Waals surface area contributed by atoms with E-state index in [1.807, 2.05) is 0 Å². The Hall–Kier alpha value is -1.94. The number of anilines is 2. The highest BCUT2D eigenvalue weighted by atomic mass is 19.1. The molecule has 1 N–H and O–H groups in total. The highest BCUT2D eigenvalue weighted by Crippen LogP contribution is 2.31. The van der Waals surface area contributed by atoms with Gasteiger partial charge in [-0.3, -0.25) is 0 Å². The van der Waals surface area contributed by atoms with Gasteiger partial charge in [-0.1, -0.05) is 0 Å². The summed E-state index contributed by atoms with van der Waals surface area (Å²) in [5.41, 5.74) is 1.93. The standard InChI is InChI=1S/C15H15F2NO/c1-10(19)14-9-12(17)5-8-15(14)18(2)13-6-3-11(16)4-7-13/h3-10,19H,1-2H3. The lowest BCUT2D eigenvalue weighted by atomic mass is 10.1. The van der Waals surface area contributed by atoms with Crippen molar-refractivity contribution in [1.82, 2.24) is 0 Å². The first-order valence-electron chi connectivity index (χ1n) is 5.96. The smallest absolute Gasteiger partial charge is 0.123 e. The fourth-order valence-electron chi connectivity index (χ4n) is 1.97. The van der Waals surface area contributed by atoms with Crippen molar-refractivity contribution >= 4 is 11.4 Å². The van der Waals surface area contributed by atoms with Crippen LogP contribution in [0.25, 0.3) is 0 Å². The minimum absolute atomic E-state index is 0.313. The van der Waals surface area contributed by atoms with Crippen molar-refractivity contribution in [3.63, 3.8) is 0 Å². The zero-order valence-electron chi connectivity index (χ0n) is 10.8. The Bertz CT molecular complexity index is 567. The quantitative estimate of drug-likeness (QED) is 0.910. The third kappa shape index (κ3) is 2.90. The maximum atomic E-state index is 13.2. The summed E-state index contributed by atoms with van der Waals surface area (Å²) in [5.74, 6) is -0.709. The Morgan fingerprint density at radius 3 is 2.16 bits per heavy atom. The summed E-state index contributed by atoms with van der Waals surface area (Å²) in [6, 6.07) is 10.2. The van der Waals surface area contributed by atoms with E-state index in [1.165, 1.54) is 24.3 Å². The molecule has 0 amide bonds. The number of aliphatic hydroxyl groups excluding tert-OH is 1. The van der Waals surface area contributed by atoms with Gasteiger partial charge >= 0.3 is 0 Å². The first-order valence-corrected chi connectivity index (χ1v) is 5.96. The van der Waals surface area contributed by atoms with Crippen LogP contribution in [-0.4, -0.2) is 12.2 Å². The molecule has 0 fully saturated rings. The van der Waals surface area contributed by atoms with E-state index in [0.29, 0.717) is 11.3 Å². The molecular formula is C15H15F2NO. The van der Waals surface area contributed by atoms with E-state index in [-0.39, 0.29) is 5.82 Å². The maximum absolute atomic E-state index is 13.2. The molecule has 0 spiro atoms. The van der Waals surface area contributed by atoms with Crippen LogP contribution in [0, 0.1) is 11.6 Å². The van der Waals surface area contributed by atoms with Crippen LogP contribution in [-0.2, 0) is 0 Å². The summed E-state index contributed by atoms with van der Waals surface area (Å²) in [7, 11) is 1.78. The second-order valence-corrected chi connectivity index (χ2v) is 4.41. The molecule has 1 unspecified atom stereocenters. The van der Waals surface area contributed by atoms with E-state index in [9.17, 15) is 13.9 Å². The van der Waals surface area contributed by atoms with Crippen LogP contribution < -0.4 is 4.90 Å². The molecule has 1 atom stereocenters. The van der Waals surface area contributed by atoms with Crippen LogP contribution in [0.3, 0.4) is 0 Å². The van der Waals surface area contributed by atoms with Crippen LogP contribution in [0.1, 0.15) is 18.6 Å². The number of halogens is 2. The van der Waals surface area contributed by atoms with Crippen LogP contribution in [0.15, 0.2) is 42.5 Å². The second kappa shape index (κ2) is 5.36. The largest absolute Gasteiger partial charge is 0.389 e. The monoisotopic (exact) mass is 263 g/mol. The van der Waals surface area contributed by atoms with Crippen LogP contribution in [0.5, 0.6) is 0 Å². The number of benzene rings is 2. The lowest BCUT2D eigenvalue weighted by Gasteiger charge is -2.23. The zero-order chi connectivity index (χ0) is 14.0. The van der Waals surface area contributed by atoms with Crippen LogP contribution in [0.4, 0.5) is 20.2 Å². The van der Waals surface area contributed by atoms with Gasteiger partial charge in [-0.05, 0) is 49.4 Å². The predicted molar refractivity (Wildman–Crippen MR) is 71.5 cm³/mol. The Morgan fingerprint density at radius 2 is 1.58 bits per heavy atom. The maximum Gasteiger partial charge on any atom is 0.123 e. The van der Waals surface area contributed by atoms with E-state index in [4.69, 9.17) is 0 Å². The summed E-state index contributed by atoms with van der Waals surface area (Å²) >= 11 is 0. The molecule has 0 aliphatic heterocycles. The van der Waals surface area contributed by atoms with Crippen LogP contribution in [0.2, 0.25) is 0 Å². The van der Waals surface area contributed by atoms with Crippen molar-refractivity contribution in [2.75, 3.05) is 11.9 Å². The van der Waals surface area contributed by atoms with Crippen molar-refractivity contribution in [3.05, 3.63) is 59.7 Å². The zero-order valence-corrected chi connectivity index (χ0v) is 10.8. The van der Waals surface area contributed by atoms with E-state index in [1.54, 1.807) is 37.1 Å². The molecule has 19 heavy (non-hydrogen) atoms. The van der Waals surface area contributed by atoms with Crippen molar-refractivity contribution in [2.24, 2.45) is 0 Å². The molecule has 0 aromatic heterocycles. The van der Waals surface area contributed by atoms with Gasteiger partial charge < -0.3 is 10.0 Å². The second-order valence-electron chi connectivity index (χ2n) is 4.41. The van der Waals surface area contributed by atoms with Gasteiger partial charge in [-0.15, -0.1) is 0 Å². The van der Waals surface area contributed by atoms with Gasteiger partial charge in [-0.25, -0.2) is 8.78 Å². The fraction of sp³-hybridized carbons (Fsp3) is 0.200. The van der Waals surface area contributed by atoms with Gasteiger partial charge in [0.25, 0.3) is 0 Å². The molecule has 2 nitrogen and oxygen atoms in total. The normalized spacial score (nSPS) is 12.3. The van der Waals surface area contributed by atoms with Crippen molar-refractivity contribution in [3.8, 4) is 0 Å². The van der Waals surface area contributed by atoms with Crippen molar-refractivity contribution in [2.45, 2.75) is 13.0 Å². The lowest BCUT2D eigenvalue weighted by Crippen LogP contribution is -2.13. The summed E-state index contributed by atoms with van der Waals surface area (Å²) in [6.45, 7) is 1.58. The van der Waals surface area contributed by atoms with Gasteiger partial charge in [0, 0.05) is 24.0 Å². The third-order valence-electron chi connectivity index (χ3n) is 3.01. The van der Waals surface area contributed by atoms with Crippen LogP contribution >= 0.6 is 0 Å². The molecule has 2 aromatic rings. The van der Waals surface area contributed by atoms with Crippen molar-refractivity contribution in [1.29, 1.82) is 0 Å². The van der Waals surface area contributed by atoms with E-state index in [2.05, 4.69) is 0 Å². The summed E-state index contributed by atoms with van der Waals surface area (Å²) in [4.78, 5) is 1.78. The van der Waals surface area contributed by atoms with E-state index >= 15 is 0 Å². The highest BCUT2D eigenvalue weighted by molar-refractivity contribution is 5.66. The third-order valence-corrected chi connectivity index (χ3v) is 3.01. The minimum atomic E-state index is -0.784. The summed E-state index contributed by atoms with van der Waals surface area (Å²) in [6.07, 6.45) is -0.784. The number of hydrogen-bond acceptors (Lipinski definition) is 2. The number of hydrogen-bond donors (Lipinski definition) is 1. The Balaban J connectivity index is 2.43. The molecule has 2 rings (SSSR count). The highest BCUT2D eigenvalue weighted by Gasteiger charge is 2.14. The Labute approximate surface area is 110 Å². The van der Waals surface area contributed by atoms with Crippen molar-refractivity contribution < 1.29 is 13.9 Å². The minimum Gasteiger partial charge on any atom is -0.389 e. The SMILES string of the molecule is CC(O)c1cc(F)ccc1N(C)c1ccc(F)cc1. The first-order chi connectivity index (χ1) is 8.99. The van der Waals surface area contributed by atoms with Gasteiger partial charge in [0.2, 0.25) is 0 Å². The number of nitrogens with zero attached hydrogens (tertiary/aromatic N) is 1. The predicted octanol–water partition coefficient (Wildman–Crippen LogP) is 3.79. The molecule has 0 saturated heterocycles. The van der Waals surface area contributed by atoms with E-state index in [0.717, 1.165) is 5.69 Å². The average molecular weight is 263 g/mol. The number of rotatable bonds is 3. The van der Waals surface area contributed by atoms with Gasteiger partial charge in [0.1, 0.15) is 11.6 Å². The fourth-order valence-corrected chi connectivity index (χ4v) is 1.97. The molecule has 0 aliphatic rings. The average Bonchev–Trinajstić information content (AvgIpc) is 2.38. The number of aliphatic hydroxyl groups is 1. The molecule has 4 heteroatoms. The first kappa shape index (κ1) is 13.5. The molecule has 0 heterocycles. The summed E-state index contributed by atoms with van der Waals surface area (Å²) in [5, 5.41) is 9.72. The Morgan fingerprint density at radius 1 is 1.00 bits per heavy atom. The molecule has 0 bridgehead atoms. The topological polar surface area (TPSA) is 23.5 Å².